The lowest BCUT2D eigenvalue weighted by atomic mass is 10.1. The van der Waals surface area contributed by atoms with Crippen LogP contribution in [0.25, 0.3) is 0 Å². The van der Waals surface area contributed by atoms with Crippen LogP contribution in [0.2, 0.25) is 5.02 Å². The molecule has 0 saturated carbocycles. The van der Waals surface area contributed by atoms with Gasteiger partial charge in [0.05, 0.1) is 34.0 Å². The number of carbonyl (C=O) groups is 2. The van der Waals surface area contributed by atoms with E-state index in [9.17, 15) is 19.7 Å². The number of nitrogens with zero attached hydrogens (tertiary/aromatic N) is 3. The van der Waals surface area contributed by atoms with Crippen LogP contribution in [0.15, 0.2) is 35.7 Å². The van der Waals surface area contributed by atoms with Gasteiger partial charge in [0.2, 0.25) is 5.91 Å². The maximum atomic E-state index is 12.4. The molecule has 11 heteroatoms. The first-order chi connectivity index (χ1) is 15.6. The molecule has 0 aliphatic heterocycles. The number of thiazole rings is 1. The number of anilines is 2. The maximum absolute atomic E-state index is 12.4. The van der Waals surface area contributed by atoms with Gasteiger partial charge in [-0.25, -0.2) is 9.78 Å². The van der Waals surface area contributed by atoms with Crippen LogP contribution < -0.4 is 9.64 Å². The Hall–Kier alpha value is -3.50. The molecule has 0 saturated heterocycles. The number of methoxy groups -OCH3 is 1. The Morgan fingerprint density at radius 2 is 1.97 bits per heavy atom. The summed E-state index contributed by atoms with van der Waals surface area (Å²) < 4.78 is 10.2. The number of nitro benzene ring substituents is 1. The molecule has 0 aliphatic carbocycles. The van der Waals surface area contributed by atoms with Crippen molar-refractivity contribution in [1.82, 2.24) is 4.98 Å². The van der Waals surface area contributed by atoms with Crippen molar-refractivity contribution in [2.75, 3.05) is 12.0 Å². The number of aryl methyl sites for hydroxylation is 2. The van der Waals surface area contributed by atoms with E-state index in [4.69, 9.17) is 21.1 Å². The first kappa shape index (κ1) is 24.1. The average Bonchev–Trinajstić information content (AvgIpc) is 3.21. The van der Waals surface area contributed by atoms with Crippen molar-refractivity contribution in [2.45, 2.75) is 27.4 Å². The van der Waals surface area contributed by atoms with Crippen LogP contribution in [0.3, 0.4) is 0 Å². The number of rotatable bonds is 7. The highest BCUT2D eigenvalue weighted by Gasteiger charge is 2.23. The van der Waals surface area contributed by atoms with Crippen molar-refractivity contribution in [3.8, 4) is 5.75 Å². The van der Waals surface area contributed by atoms with Crippen LogP contribution in [-0.4, -0.2) is 28.9 Å². The van der Waals surface area contributed by atoms with E-state index >= 15 is 0 Å². The van der Waals surface area contributed by atoms with Gasteiger partial charge in [-0.1, -0.05) is 17.7 Å². The lowest BCUT2D eigenvalue weighted by Crippen LogP contribution is -2.24. The van der Waals surface area contributed by atoms with Crippen molar-refractivity contribution in [3.05, 3.63) is 73.2 Å². The number of esters is 1. The van der Waals surface area contributed by atoms with Crippen molar-refractivity contribution in [1.29, 1.82) is 0 Å². The maximum Gasteiger partial charge on any atom is 0.338 e. The van der Waals surface area contributed by atoms with Gasteiger partial charge in [0, 0.05) is 18.4 Å². The fourth-order valence-corrected chi connectivity index (χ4v) is 4.49. The lowest BCUT2D eigenvalue weighted by molar-refractivity contribution is -0.385. The predicted octanol–water partition coefficient (Wildman–Crippen LogP) is 5.37. The molecule has 0 N–H and O–H groups in total. The zero-order valence-corrected chi connectivity index (χ0v) is 19.8. The second-order valence-corrected chi connectivity index (χ2v) is 8.35. The Balaban J connectivity index is 1.79. The Morgan fingerprint density at radius 3 is 2.58 bits per heavy atom. The molecule has 1 heterocycles. The van der Waals surface area contributed by atoms with Gasteiger partial charge in [-0.15, -0.1) is 11.3 Å². The van der Waals surface area contributed by atoms with Crippen molar-refractivity contribution < 1.29 is 24.0 Å². The second-order valence-electron chi connectivity index (χ2n) is 7.11. The quantitative estimate of drug-likeness (QED) is 0.249. The van der Waals surface area contributed by atoms with Crippen LogP contribution in [-0.2, 0) is 16.1 Å². The Morgan fingerprint density at radius 1 is 1.24 bits per heavy atom. The number of benzene rings is 2. The van der Waals surface area contributed by atoms with Crippen molar-refractivity contribution in [2.24, 2.45) is 0 Å². The standard InChI is InChI=1S/C22H20ClN3O6S/c1-12-7-13(2)20(17(23)8-12)25(14(3)27)22-24-16(11-33-22)10-32-21(28)15-5-6-19(31-4)18(9-15)26(29)30/h5-9,11H,10H2,1-4H3. The number of nitro groups is 1. The minimum atomic E-state index is -0.754. The molecule has 0 unspecified atom stereocenters. The van der Waals surface area contributed by atoms with Crippen LogP contribution in [0.1, 0.15) is 34.1 Å². The molecule has 0 radical (unpaired) electrons. The highest BCUT2D eigenvalue weighted by Crippen LogP contribution is 2.37. The molecule has 2 aromatic carbocycles. The molecule has 1 aromatic heterocycles. The third-order valence-electron chi connectivity index (χ3n) is 4.63. The van der Waals surface area contributed by atoms with Crippen molar-refractivity contribution >= 4 is 51.3 Å². The Labute approximate surface area is 198 Å². The van der Waals surface area contributed by atoms with E-state index in [-0.39, 0.29) is 29.5 Å². The number of hydrogen-bond acceptors (Lipinski definition) is 8. The summed E-state index contributed by atoms with van der Waals surface area (Å²) >= 11 is 7.61. The van der Waals surface area contributed by atoms with Crippen LogP contribution in [0.5, 0.6) is 5.75 Å². The number of halogens is 1. The zero-order valence-electron chi connectivity index (χ0n) is 18.2. The molecule has 0 atom stereocenters. The van der Waals surface area contributed by atoms with E-state index in [1.54, 1.807) is 11.4 Å². The summed E-state index contributed by atoms with van der Waals surface area (Å²) in [4.78, 5) is 41.2. The topological polar surface area (TPSA) is 112 Å². The summed E-state index contributed by atoms with van der Waals surface area (Å²) in [6, 6.07) is 7.48. The highest BCUT2D eigenvalue weighted by molar-refractivity contribution is 7.14. The average molecular weight is 490 g/mol. The lowest BCUT2D eigenvalue weighted by Gasteiger charge is -2.22. The monoisotopic (exact) mass is 489 g/mol. The summed E-state index contributed by atoms with van der Waals surface area (Å²) in [5, 5.41) is 13.6. The molecule has 0 fully saturated rings. The first-order valence-electron chi connectivity index (χ1n) is 9.63. The Kier molecular flexibility index (Phi) is 7.29. The van der Waals surface area contributed by atoms with Gasteiger partial charge >= 0.3 is 11.7 Å². The molecular formula is C22H20ClN3O6S. The minimum Gasteiger partial charge on any atom is -0.490 e. The highest BCUT2D eigenvalue weighted by atomic mass is 35.5. The Bertz CT molecular complexity index is 1220. The molecular weight excluding hydrogens is 470 g/mol. The van der Waals surface area contributed by atoms with E-state index in [0.29, 0.717) is 21.5 Å². The van der Waals surface area contributed by atoms with Gasteiger partial charge in [-0.05, 0) is 43.2 Å². The van der Waals surface area contributed by atoms with E-state index < -0.39 is 10.9 Å². The van der Waals surface area contributed by atoms with Crippen LogP contribution >= 0.6 is 22.9 Å². The molecule has 1 amide bonds. The largest absolute Gasteiger partial charge is 0.490 e. The summed E-state index contributed by atoms with van der Waals surface area (Å²) in [6.45, 7) is 5.00. The molecule has 33 heavy (non-hydrogen) atoms. The fraction of sp³-hybridized carbons (Fsp3) is 0.227. The van der Waals surface area contributed by atoms with Crippen molar-refractivity contribution in [3.63, 3.8) is 0 Å². The van der Waals surface area contributed by atoms with Gasteiger partial charge in [0.15, 0.2) is 10.9 Å². The van der Waals surface area contributed by atoms with E-state index in [2.05, 4.69) is 4.98 Å². The normalized spacial score (nSPS) is 10.6. The van der Waals surface area contributed by atoms with E-state index in [1.165, 1.54) is 42.4 Å². The van der Waals surface area contributed by atoms with Gasteiger partial charge < -0.3 is 9.47 Å². The van der Waals surface area contributed by atoms with Gasteiger partial charge in [-0.3, -0.25) is 19.8 Å². The number of ether oxygens (including phenoxy) is 2. The van der Waals surface area contributed by atoms with Crippen LogP contribution in [0, 0.1) is 24.0 Å². The van der Waals surface area contributed by atoms with E-state index in [0.717, 1.165) is 17.2 Å². The van der Waals surface area contributed by atoms with E-state index in [1.807, 2.05) is 19.9 Å². The summed E-state index contributed by atoms with van der Waals surface area (Å²) in [6.07, 6.45) is 0. The number of carbonyl (C=O) groups excluding carboxylic acids is 2. The van der Waals surface area contributed by atoms with Crippen LogP contribution in [0.4, 0.5) is 16.5 Å². The molecule has 0 spiro atoms. The zero-order chi connectivity index (χ0) is 24.3. The fourth-order valence-electron chi connectivity index (χ4n) is 3.23. The molecule has 3 aromatic rings. The summed E-state index contributed by atoms with van der Waals surface area (Å²) in [5.41, 5.74) is 2.40. The SMILES string of the molecule is COc1ccc(C(=O)OCc2csc(N(C(C)=O)c3c(C)cc(C)cc3Cl)n2)cc1[N+](=O)[O-]. The molecule has 9 nitrogen and oxygen atoms in total. The number of hydrogen-bond donors (Lipinski definition) is 0. The third-order valence-corrected chi connectivity index (χ3v) is 5.79. The number of aromatic nitrogens is 1. The van der Waals surface area contributed by atoms with Gasteiger partial charge in [-0.2, -0.15) is 0 Å². The molecule has 172 valence electrons. The first-order valence-corrected chi connectivity index (χ1v) is 10.9. The second kappa shape index (κ2) is 9.97. The molecule has 3 rings (SSSR count). The molecule has 0 bridgehead atoms. The summed E-state index contributed by atoms with van der Waals surface area (Å²) in [7, 11) is 1.30. The smallest absolute Gasteiger partial charge is 0.338 e. The summed E-state index contributed by atoms with van der Waals surface area (Å²) in [5.74, 6) is -0.987. The minimum absolute atomic E-state index is 0.00498. The third kappa shape index (κ3) is 5.29. The van der Waals surface area contributed by atoms with Gasteiger partial charge in [0.1, 0.15) is 6.61 Å². The number of amides is 1. The molecule has 0 aliphatic rings. The van der Waals surface area contributed by atoms with Gasteiger partial charge in [0.25, 0.3) is 0 Å². The predicted molar refractivity (Wildman–Crippen MR) is 125 cm³/mol.